The monoisotopic (exact) mass is 531 g/mol. The first kappa shape index (κ1) is 29.6. The minimum Gasteiger partial charge on any atom is -0.497 e. The van der Waals surface area contributed by atoms with Crippen LogP contribution in [0.1, 0.15) is 25.0 Å². The smallest absolute Gasteiger partial charge is 0.497 e. The zero-order valence-electron chi connectivity index (χ0n) is 21.0. The third kappa shape index (κ3) is 11.3. The van der Waals surface area contributed by atoms with E-state index in [0.717, 1.165) is 29.9 Å². The number of likely N-dealkylation sites (N-methyl/N-ethyl adjacent to an activating group) is 1. The number of halogens is 2. The SMILES string of the molecule is COc1cccc(CCc2ccccc2OCC(CN(C)C)OCO[P@](=O)(F)OC(C)C(C)Cl)c1. The van der Waals surface area contributed by atoms with Crippen molar-refractivity contribution >= 4 is 19.5 Å². The van der Waals surface area contributed by atoms with E-state index in [1.807, 2.05) is 61.5 Å². The van der Waals surface area contributed by atoms with E-state index in [9.17, 15) is 8.76 Å². The number of aryl methyl sites for hydroxylation is 2. The number of benzene rings is 2. The molecule has 0 N–H and O–H groups in total. The van der Waals surface area contributed by atoms with E-state index in [0.29, 0.717) is 6.54 Å². The van der Waals surface area contributed by atoms with Gasteiger partial charge in [0.2, 0.25) is 0 Å². The molecule has 2 rings (SSSR count). The molecule has 4 atom stereocenters. The summed E-state index contributed by atoms with van der Waals surface area (Å²) in [6.45, 7) is 3.27. The Morgan fingerprint density at radius 3 is 2.51 bits per heavy atom. The van der Waals surface area contributed by atoms with E-state index in [-0.39, 0.29) is 6.61 Å². The predicted octanol–water partition coefficient (Wildman–Crippen LogP) is 5.89. The lowest BCUT2D eigenvalue weighted by atomic mass is 10.0. The molecular formula is C25H36ClFNO6P. The van der Waals surface area contributed by atoms with Gasteiger partial charge in [0.1, 0.15) is 24.2 Å². The lowest BCUT2D eigenvalue weighted by Gasteiger charge is -2.23. The second kappa shape index (κ2) is 14.8. The molecule has 2 aromatic rings. The fraction of sp³-hybridized carbons (Fsp3) is 0.520. The lowest BCUT2D eigenvalue weighted by Crippen LogP contribution is -2.34. The van der Waals surface area contributed by atoms with Crippen LogP contribution in [-0.2, 0) is 31.2 Å². The van der Waals surface area contributed by atoms with Crippen molar-refractivity contribution in [1.82, 2.24) is 4.90 Å². The average Bonchev–Trinajstić information content (AvgIpc) is 2.81. The summed E-state index contributed by atoms with van der Waals surface area (Å²) in [7, 11) is 0.620. The van der Waals surface area contributed by atoms with E-state index in [2.05, 4.69) is 6.07 Å². The summed E-state index contributed by atoms with van der Waals surface area (Å²) in [6.07, 6.45) is 0.377. The Hall–Kier alpha value is -1.67. The topological polar surface area (TPSA) is 66.5 Å². The molecule has 0 saturated carbocycles. The second-order valence-electron chi connectivity index (χ2n) is 8.49. The molecule has 196 valence electrons. The van der Waals surface area contributed by atoms with Crippen LogP contribution in [-0.4, -0.2) is 63.6 Å². The molecule has 0 aliphatic carbocycles. The van der Waals surface area contributed by atoms with Gasteiger partial charge in [0.05, 0.1) is 18.6 Å². The van der Waals surface area contributed by atoms with Crippen molar-refractivity contribution in [2.45, 2.75) is 44.3 Å². The molecule has 0 aliphatic heterocycles. The number of rotatable bonds is 16. The number of ether oxygens (including phenoxy) is 3. The molecule has 0 aromatic heterocycles. The van der Waals surface area contributed by atoms with E-state index >= 15 is 0 Å². The van der Waals surface area contributed by atoms with Gasteiger partial charge in [-0.2, -0.15) is 0 Å². The van der Waals surface area contributed by atoms with Crippen LogP contribution >= 0.6 is 19.5 Å². The zero-order valence-corrected chi connectivity index (χ0v) is 22.6. The van der Waals surface area contributed by atoms with Crippen LogP contribution in [0.2, 0.25) is 0 Å². The van der Waals surface area contributed by atoms with Crippen molar-refractivity contribution in [3.05, 3.63) is 59.7 Å². The van der Waals surface area contributed by atoms with Crippen LogP contribution in [0.3, 0.4) is 0 Å². The van der Waals surface area contributed by atoms with Crippen LogP contribution in [0, 0.1) is 0 Å². The molecular weight excluding hydrogens is 496 g/mol. The van der Waals surface area contributed by atoms with Crippen LogP contribution in [0.15, 0.2) is 48.5 Å². The largest absolute Gasteiger partial charge is 0.515 e. The van der Waals surface area contributed by atoms with E-state index in [1.165, 1.54) is 12.5 Å². The minimum absolute atomic E-state index is 0.199. The molecule has 0 spiro atoms. The van der Waals surface area contributed by atoms with Crippen molar-refractivity contribution < 1.29 is 32.0 Å². The Labute approximate surface area is 213 Å². The maximum Gasteiger partial charge on any atom is 0.515 e. The Morgan fingerprint density at radius 1 is 1.09 bits per heavy atom. The summed E-state index contributed by atoms with van der Waals surface area (Å²) in [5, 5.41) is -0.525. The van der Waals surface area contributed by atoms with Crippen LogP contribution in [0.5, 0.6) is 11.5 Å². The summed E-state index contributed by atoms with van der Waals surface area (Å²) >= 11 is 5.83. The molecule has 7 nitrogen and oxygen atoms in total. The van der Waals surface area contributed by atoms with Crippen LogP contribution in [0.25, 0.3) is 0 Å². The standard InChI is InChI=1S/C25H36ClFNO6P/c1-19(26)20(2)34-35(27,29)33-18-32-24(16-28(3)4)17-31-25-12-7-6-10-22(25)14-13-21-9-8-11-23(15-21)30-5/h6-12,15,19-20,24H,13-14,16-18H2,1-5H3/t19?,20?,24?,35-/m1/s1. The molecule has 10 heteroatoms. The van der Waals surface area contributed by atoms with Gasteiger partial charge in [0.25, 0.3) is 0 Å². The van der Waals surface area contributed by atoms with Crippen molar-refractivity contribution in [3.63, 3.8) is 0 Å². The maximum atomic E-state index is 14.1. The number of nitrogens with zero attached hydrogens (tertiary/aromatic N) is 1. The quantitative estimate of drug-likeness (QED) is 0.152. The van der Waals surface area contributed by atoms with Crippen molar-refractivity contribution in [1.29, 1.82) is 0 Å². The number of alkyl halides is 1. The maximum absolute atomic E-state index is 14.1. The van der Waals surface area contributed by atoms with Gasteiger partial charge in [-0.25, -0.2) is 4.57 Å². The molecule has 0 amide bonds. The highest BCUT2D eigenvalue weighted by molar-refractivity contribution is 7.48. The lowest BCUT2D eigenvalue weighted by molar-refractivity contribution is -0.0702. The first-order chi connectivity index (χ1) is 16.6. The van der Waals surface area contributed by atoms with Crippen LogP contribution < -0.4 is 9.47 Å². The highest BCUT2D eigenvalue weighted by Gasteiger charge is 2.29. The van der Waals surface area contributed by atoms with Gasteiger partial charge in [-0.15, -0.1) is 15.8 Å². The molecule has 0 radical (unpaired) electrons. The third-order valence-electron chi connectivity index (χ3n) is 5.23. The third-order valence-corrected chi connectivity index (χ3v) is 6.59. The Morgan fingerprint density at radius 2 is 1.83 bits per heavy atom. The number of hydrogen-bond donors (Lipinski definition) is 0. The first-order valence-corrected chi connectivity index (χ1v) is 13.3. The van der Waals surface area contributed by atoms with Gasteiger partial charge in [0.15, 0.2) is 6.79 Å². The number of hydrogen-bond acceptors (Lipinski definition) is 7. The van der Waals surface area contributed by atoms with E-state index < -0.39 is 32.3 Å². The molecule has 2 aromatic carbocycles. The van der Waals surface area contributed by atoms with Crippen LogP contribution in [0.4, 0.5) is 4.20 Å². The molecule has 0 aliphatic rings. The fourth-order valence-corrected chi connectivity index (χ4v) is 4.15. The summed E-state index contributed by atoms with van der Waals surface area (Å²) in [5.41, 5.74) is 2.22. The fourth-order valence-electron chi connectivity index (χ4n) is 3.20. The second-order valence-corrected chi connectivity index (χ2v) is 10.5. The summed E-state index contributed by atoms with van der Waals surface area (Å²) in [4.78, 5) is 1.91. The van der Waals surface area contributed by atoms with Gasteiger partial charge in [-0.1, -0.05) is 30.3 Å². The number of methoxy groups -OCH3 is 1. The molecule has 3 unspecified atom stereocenters. The molecule has 0 heterocycles. The molecule has 35 heavy (non-hydrogen) atoms. The Balaban J connectivity index is 1.93. The van der Waals surface area contributed by atoms with Gasteiger partial charge >= 0.3 is 7.91 Å². The molecule has 0 fully saturated rings. The summed E-state index contributed by atoms with van der Waals surface area (Å²) in [5.74, 6) is 1.57. The average molecular weight is 532 g/mol. The van der Waals surface area contributed by atoms with Gasteiger partial charge in [-0.3, -0.25) is 9.05 Å². The molecule has 0 saturated heterocycles. The van der Waals surface area contributed by atoms with Gasteiger partial charge in [0, 0.05) is 6.54 Å². The highest BCUT2D eigenvalue weighted by atomic mass is 35.5. The highest BCUT2D eigenvalue weighted by Crippen LogP contribution is 2.51. The Bertz CT molecular complexity index is 948. The number of para-hydroxylation sites is 1. The van der Waals surface area contributed by atoms with Crippen molar-refractivity contribution in [3.8, 4) is 11.5 Å². The Kier molecular flexibility index (Phi) is 12.5. The van der Waals surface area contributed by atoms with E-state index in [4.69, 9.17) is 34.9 Å². The van der Waals surface area contributed by atoms with Gasteiger partial charge < -0.3 is 19.1 Å². The van der Waals surface area contributed by atoms with Crippen molar-refractivity contribution in [2.24, 2.45) is 0 Å². The molecule has 0 bridgehead atoms. The van der Waals surface area contributed by atoms with Gasteiger partial charge in [-0.05, 0) is 70.1 Å². The summed E-state index contributed by atoms with van der Waals surface area (Å²) in [6, 6.07) is 15.8. The summed E-state index contributed by atoms with van der Waals surface area (Å²) < 4.78 is 52.5. The first-order valence-electron chi connectivity index (χ1n) is 11.5. The predicted molar refractivity (Wildman–Crippen MR) is 136 cm³/mol. The van der Waals surface area contributed by atoms with Crippen molar-refractivity contribution in [2.75, 3.05) is 41.1 Å². The normalized spacial score (nSPS) is 15.9. The zero-order chi connectivity index (χ0) is 25.8. The minimum atomic E-state index is -4.79. The van der Waals surface area contributed by atoms with E-state index in [1.54, 1.807) is 14.0 Å².